The molecule has 27 heavy (non-hydrogen) atoms. The van der Waals surface area contributed by atoms with Gasteiger partial charge in [-0.05, 0) is 39.5 Å². The van der Waals surface area contributed by atoms with Gasteiger partial charge >= 0.3 is 0 Å². The van der Waals surface area contributed by atoms with Crippen LogP contribution < -0.4 is 0 Å². The second-order valence-electron chi connectivity index (χ2n) is 7.19. The van der Waals surface area contributed by atoms with Crippen LogP contribution in [-0.4, -0.2) is 54.2 Å². The van der Waals surface area contributed by atoms with Crippen LogP contribution in [0, 0.1) is 26.7 Å². The molecule has 1 unspecified atom stereocenters. The summed E-state index contributed by atoms with van der Waals surface area (Å²) in [7, 11) is -1.91. The molecule has 2 aromatic heterocycles. The Kier molecular flexibility index (Phi) is 6.02. The molecule has 1 saturated heterocycles. The Hall–Kier alpha value is -1.71. The number of hydrogen-bond donors (Lipinski definition) is 0. The lowest BCUT2D eigenvalue weighted by Crippen LogP contribution is -2.41. The van der Waals surface area contributed by atoms with E-state index in [-0.39, 0.29) is 10.8 Å². The fourth-order valence-corrected chi connectivity index (χ4v) is 5.65. The Morgan fingerprint density at radius 1 is 1.33 bits per heavy atom. The van der Waals surface area contributed by atoms with Crippen LogP contribution in [-0.2, 0) is 27.7 Å². The molecule has 0 spiro atoms. The number of imidazole rings is 1. The number of nitrogens with zero attached hydrogens (tertiary/aromatic N) is 4. The van der Waals surface area contributed by atoms with E-state index in [0.29, 0.717) is 31.2 Å². The van der Waals surface area contributed by atoms with Crippen molar-refractivity contribution in [2.24, 2.45) is 5.92 Å². The van der Waals surface area contributed by atoms with Gasteiger partial charge in [0.15, 0.2) is 5.76 Å². The van der Waals surface area contributed by atoms with Gasteiger partial charge < -0.3 is 13.8 Å². The predicted molar refractivity (Wildman–Crippen MR) is 100 cm³/mol. The Labute approximate surface area is 160 Å². The third-order valence-electron chi connectivity index (χ3n) is 5.18. The largest absolute Gasteiger partial charge is 0.383 e. The summed E-state index contributed by atoms with van der Waals surface area (Å²) in [5.74, 6) is 1.57. The maximum absolute atomic E-state index is 13.1. The van der Waals surface area contributed by atoms with Crippen LogP contribution in [0.5, 0.6) is 0 Å². The zero-order valence-electron chi connectivity index (χ0n) is 16.4. The second-order valence-corrected chi connectivity index (χ2v) is 9.06. The summed E-state index contributed by atoms with van der Waals surface area (Å²) in [6.07, 6.45) is 4.45. The molecule has 0 aromatic carbocycles. The van der Waals surface area contributed by atoms with Crippen LogP contribution in [0.1, 0.15) is 35.8 Å². The van der Waals surface area contributed by atoms with Crippen molar-refractivity contribution in [1.29, 1.82) is 0 Å². The van der Waals surface area contributed by atoms with Gasteiger partial charge in [0, 0.05) is 45.1 Å². The lowest BCUT2D eigenvalue weighted by Gasteiger charge is -2.31. The van der Waals surface area contributed by atoms with Crippen LogP contribution in [0.25, 0.3) is 0 Å². The zero-order chi connectivity index (χ0) is 19.6. The smallest absolute Gasteiger partial charge is 0.248 e. The third kappa shape index (κ3) is 4.09. The van der Waals surface area contributed by atoms with Crippen molar-refractivity contribution in [1.82, 2.24) is 19.0 Å². The quantitative estimate of drug-likeness (QED) is 0.712. The number of hydrogen-bond acceptors (Lipinski definition) is 6. The number of aryl methyl sites for hydroxylation is 3. The van der Waals surface area contributed by atoms with Crippen molar-refractivity contribution in [3.63, 3.8) is 0 Å². The summed E-state index contributed by atoms with van der Waals surface area (Å²) in [6.45, 7) is 7.74. The standard InChI is InChI=1S/C18H28N4O4S/c1-13-11-19-17(22(13)8-9-25-4)10-16-6-5-7-21(12-16)27(23,24)18-14(2)20-26-15(18)3/h11,16H,5-10,12H2,1-4H3. The molecule has 0 aliphatic carbocycles. The molecule has 9 heteroatoms. The minimum Gasteiger partial charge on any atom is -0.383 e. The normalized spacial score (nSPS) is 18.9. The van der Waals surface area contributed by atoms with Crippen LogP contribution in [0.4, 0.5) is 0 Å². The van der Waals surface area contributed by atoms with E-state index >= 15 is 0 Å². The van der Waals surface area contributed by atoms with Gasteiger partial charge in [-0.1, -0.05) is 5.16 Å². The molecule has 2 aromatic rings. The molecule has 3 heterocycles. The van der Waals surface area contributed by atoms with E-state index in [4.69, 9.17) is 9.26 Å². The summed E-state index contributed by atoms with van der Waals surface area (Å²) in [5, 5.41) is 3.80. The van der Waals surface area contributed by atoms with E-state index in [9.17, 15) is 8.42 Å². The maximum Gasteiger partial charge on any atom is 0.248 e. The van der Waals surface area contributed by atoms with Crippen molar-refractivity contribution in [3.8, 4) is 0 Å². The van der Waals surface area contributed by atoms with Gasteiger partial charge in [-0.25, -0.2) is 13.4 Å². The Morgan fingerprint density at radius 2 is 2.11 bits per heavy atom. The zero-order valence-corrected chi connectivity index (χ0v) is 17.3. The Morgan fingerprint density at radius 3 is 2.78 bits per heavy atom. The summed E-state index contributed by atoms with van der Waals surface area (Å²) in [6, 6.07) is 0. The molecule has 1 aliphatic rings. The van der Waals surface area contributed by atoms with Crippen molar-refractivity contribution < 1.29 is 17.7 Å². The highest BCUT2D eigenvalue weighted by Crippen LogP contribution is 2.29. The number of aromatic nitrogens is 3. The lowest BCUT2D eigenvalue weighted by molar-refractivity contribution is 0.184. The highest BCUT2D eigenvalue weighted by Gasteiger charge is 2.34. The van der Waals surface area contributed by atoms with Crippen LogP contribution in [0.3, 0.4) is 0 Å². The highest BCUT2D eigenvalue weighted by molar-refractivity contribution is 7.89. The number of ether oxygens (including phenoxy) is 1. The molecule has 0 amide bonds. The summed E-state index contributed by atoms with van der Waals surface area (Å²) >= 11 is 0. The van der Waals surface area contributed by atoms with E-state index in [1.807, 2.05) is 13.1 Å². The number of methoxy groups -OCH3 is 1. The summed E-state index contributed by atoms with van der Waals surface area (Å²) < 4.78 is 40.2. The molecule has 1 aliphatic heterocycles. The van der Waals surface area contributed by atoms with Gasteiger partial charge in [0.1, 0.15) is 16.4 Å². The number of rotatable bonds is 7. The molecule has 0 radical (unpaired) electrons. The number of piperidine rings is 1. The molecule has 150 valence electrons. The molecule has 8 nitrogen and oxygen atoms in total. The topological polar surface area (TPSA) is 90.5 Å². The van der Waals surface area contributed by atoms with Crippen molar-refractivity contribution in [3.05, 3.63) is 29.2 Å². The molecule has 1 atom stereocenters. The lowest BCUT2D eigenvalue weighted by atomic mass is 9.96. The fraction of sp³-hybridized carbons (Fsp3) is 0.667. The highest BCUT2D eigenvalue weighted by atomic mass is 32.2. The van der Waals surface area contributed by atoms with Crippen LogP contribution >= 0.6 is 0 Å². The SMILES string of the molecule is COCCn1c(C)cnc1CC1CCCN(S(=O)(=O)c2c(C)noc2C)C1. The van der Waals surface area contributed by atoms with E-state index in [2.05, 4.69) is 14.7 Å². The maximum atomic E-state index is 13.1. The van der Waals surface area contributed by atoms with Crippen molar-refractivity contribution in [2.75, 3.05) is 26.8 Å². The van der Waals surface area contributed by atoms with Gasteiger partial charge in [0.2, 0.25) is 10.0 Å². The van der Waals surface area contributed by atoms with E-state index in [0.717, 1.165) is 37.3 Å². The first kappa shape index (κ1) is 20.0. The van der Waals surface area contributed by atoms with Gasteiger partial charge in [-0.3, -0.25) is 0 Å². The molecule has 0 bridgehead atoms. The number of sulfonamides is 1. The monoisotopic (exact) mass is 396 g/mol. The molecule has 0 saturated carbocycles. The first-order valence-electron chi connectivity index (χ1n) is 9.27. The minimum atomic E-state index is -3.59. The predicted octanol–water partition coefficient (Wildman–Crippen LogP) is 2.09. The van der Waals surface area contributed by atoms with E-state index in [1.54, 1.807) is 25.3 Å². The molecule has 0 N–H and O–H groups in total. The van der Waals surface area contributed by atoms with E-state index in [1.165, 1.54) is 0 Å². The second kappa shape index (κ2) is 8.12. The van der Waals surface area contributed by atoms with Gasteiger partial charge in [0.25, 0.3) is 0 Å². The Bertz CT molecular complexity index is 868. The minimum absolute atomic E-state index is 0.209. The first-order valence-corrected chi connectivity index (χ1v) is 10.7. The van der Waals surface area contributed by atoms with Crippen molar-refractivity contribution >= 4 is 10.0 Å². The third-order valence-corrected chi connectivity index (χ3v) is 7.29. The van der Waals surface area contributed by atoms with Crippen LogP contribution in [0.15, 0.2) is 15.6 Å². The van der Waals surface area contributed by atoms with Gasteiger partial charge in [-0.2, -0.15) is 4.31 Å². The Balaban J connectivity index is 1.76. The van der Waals surface area contributed by atoms with Gasteiger partial charge in [0.05, 0.1) is 6.61 Å². The fourth-order valence-electron chi connectivity index (χ4n) is 3.80. The first-order chi connectivity index (χ1) is 12.8. The van der Waals surface area contributed by atoms with Gasteiger partial charge in [-0.15, -0.1) is 0 Å². The average Bonchev–Trinajstić information content (AvgIpc) is 3.15. The summed E-state index contributed by atoms with van der Waals surface area (Å²) in [4.78, 5) is 4.75. The molecular formula is C18H28N4O4S. The molecular weight excluding hydrogens is 368 g/mol. The van der Waals surface area contributed by atoms with E-state index < -0.39 is 10.0 Å². The van der Waals surface area contributed by atoms with Crippen molar-refractivity contribution in [2.45, 2.75) is 51.5 Å². The molecule has 1 fully saturated rings. The summed E-state index contributed by atoms with van der Waals surface area (Å²) in [5.41, 5.74) is 1.51. The average molecular weight is 397 g/mol. The van der Waals surface area contributed by atoms with Crippen LogP contribution in [0.2, 0.25) is 0 Å². The molecule has 3 rings (SSSR count).